The van der Waals surface area contributed by atoms with Gasteiger partial charge in [0, 0.05) is 66.2 Å². The van der Waals surface area contributed by atoms with Crippen LogP contribution in [0.15, 0.2) is 28.7 Å². The van der Waals surface area contributed by atoms with Crippen LogP contribution in [0.3, 0.4) is 0 Å². The minimum Gasteiger partial charge on any atom is -0.496 e. The summed E-state index contributed by atoms with van der Waals surface area (Å²) in [5.74, 6) is 3.60. The number of hydrogen-bond acceptors (Lipinski definition) is 6. The maximum Gasteiger partial charge on any atom is 0.222 e. The van der Waals surface area contributed by atoms with E-state index in [1.54, 1.807) is 7.11 Å². The highest BCUT2D eigenvalue weighted by molar-refractivity contribution is 9.10. The molecule has 1 aliphatic heterocycles. The van der Waals surface area contributed by atoms with Crippen LogP contribution in [0.5, 0.6) is 5.75 Å². The number of nitrogens with two attached hydrogens (primary N) is 1. The van der Waals surface area contributed by atoms with Crippen LogP contribution in [-0.2, 0) is 11.8 Å². The number of aryl methyl sites for hydroxylation is 2. The van der Waals surface area contributed by atoms with E-state index in [1.807, 2.05) is 34.3 Å². The number of imidazole rings is 1. The van der Waals surface area contributed by atoms with Gasteiger partial charge in [-0.3, -0.25) is 4.79 Å². The molecule has 2 N–H and O–H groups in total. The quantitative estimate of drug-likeness (QED) is 0.385. The topological polar surface area (TPSA) is 76.6 Å². The molecule has 2 heterocycles. The highest BCUT2D eigenvalue weighted by atomic mass is 79.9. The maximum atomic E-state index is 12.7. The SMILES string of the molecule is COc1cc(Br)cc(C)c1-c1ccc(N(CCCC(=O)N2CCSCC2)C(C)C)c2c1nc(N)n2C. The van der Waals surface area contributed by atoms with Crippen molar-refractivity contribution in [3.05, 3.63) is 34.3 Å². The minimum absolute atomic E-state index is 0.251. The van der Waals surface area contributed by atoms with Crippen molar-refractivity contribution in [1.82, 2.24) is 14.5 Å². The lowest BCUT2D eigenvalue weighted by atomic mass is 9.97. The third-order valence-electron chi connectivity index (χ3n) is 6.87. The molecule has 7 nitrogen and oxygen atoms in total. The van der Waals surface area contributed by atoms with Crippen LogP contribution >= 0.6 is 27.7 Å². The molecule has 0 bridgehead atoms. The fourth-order valence-electron chi connectivity index (χ4n) is 5.00. The number of nitrogen functional groups attached to an aromatic ring is 1. The van der Waals surface area contributed by atoms with Gasteiger partial charge in [-0.25, -0.2) is 4.98 Å². The van der Waals surface area contributed by atoms with E-state index in [1.165, 1.54) is 0 Å². The van der Waals surface area contributed by atoms with Gasteiger partial charge < -0.3 is 24.8 Å². The van der Waals surface area contributed by atoms with Gasteiger partial charge in [-0.15, -0.1) is 0 Å². The van der Waals surface area contributed by atoms with Crippen molar-refractivity contribution in [2.24, 2.45) is 7.05 Å². The maximum absolute atomic E-state index is 12.7. The predicted molar refractivity (Wildman–Crippen MR) is 155 cm³/mol. The molecule has 2 aromatic carbocycles. The normalized spacial score (nSPS) is 14.0. The molecule has 9 heteroatoms. The molecule has 3 aromatic rings. The van der Waals surface area contributed by atoms with E-state index < -0.39 is 0 Å². The molecule has 1 saturated heterocycles. The van der Waals surface area contributed by atoms with Crippen LogP contribution in [0.2, 0.25) is 0 Å². The largest absolute Gasteiger partial charge is 0.496 e. The molecule has 0 spiro atoms. The van der Waals surface area contributed by atoms with Crippen LogP contribution in [-0.4, -0.2) is 64.6 Å². The summed E-state index contributed by atoms with van der Waals surface area (Å²) in [6.45, 7) is 8.97. The van der Waals surface area contributed by atoms with Gasteiger partial charge in [0.1, 0.15) is 11.3 Å². The highest BCUT2D eigenvalue weighted by Crippen LogP contribution is 2.42. The Balaban J connectivity index is 1.69. The number of benzene rings is 2. The van der Waals surface area contributed by atoms with Gasteiger partial charge in [0.05, 0.1) is 18.3 Å². The number of carbonyl (C=O) groups is 1. The lowest BCUT2D eigenvalue weighted by Crippen LogP contribution is -2.38. The Kier molecular flexibility index (Phi) is 8.40. The first-order valence-corrected chi connectivity index (χ1v) is 14.4. The summed E-state index contributed by atoms with van der Waals surface area (Å²) in [6, 6.07) is 8.59. The second kappa shape index (κ2) is 11.3. The Morgan fingerprint density at radius 1 is 1.28 bits per heavy atom. The minimum atomic E-state index is 0.251. The molecule has 4 rings (SSSR count). The third-order valence-corrected chi connectivity index (χ3v) is 8.28. The van der Waals surface area contributed by atoms with Crippen molar-refractivity contribution in [2.45, 2.75) is 39.7 Å². The van der Waals surface area contributed by atoms with E-state index in [9.17, 15) is 4.79 Å². The van der Waals surface area contributed by atoms with Gasteiger partial charge in [-0.05, 0) is 57.0 Å². The van der Waals surface area contributed by atoms with Crippen molar-refractivity contribution in [3.8, 4) is 16.9 Å². The second-order valence-corrected chi connectivity index (χ2v) is 11.7. The Labute approximate surface area is 226 Å². The zero-order chi connectivity index (χ0) is 26.0. The molecule has 1 aliphatic rings. The van der Waals surface area contributed by atoms with E-state index in [2.05, 4.69) is 59.8 Å². The zero-order valence-electron chi connectivity index (χ0n) is 21.8. The van der Waals surface area contributed by atoms with E-state index in [0.29, 0.717) is 12.4 Å². The van der Waals surface area contributed by atoms with Crippen LogP contribution in [0.4, 0.5) is 11.6 Å². The summed E-state index contributed by atoms with van der Waals surface area (Å²) in [5, 5.41) is 0. The number of ether oxygens (including phenoxy) is 1. The van der Waals surface area contributed by atoms with Gasteiger partial charge in [0.15, 0.2) is 0 Å². The van der Waals surface area contributed by atoms with Crippen molar-refractivity contribution in [3.63, 3.8) is 0 Å². The summed E-state index contributed by atoms with van der Waals surface area (Å²) in [4.78, 5) is 21.9. The van der Waals surface area contributed by atoms with Crippen molar-refractivity contribution in [2.75, 3.05) is 48.9 Å². The lowest BCUT2D eigenvalue weighted by Gasteiger charge is -2.31. The monoisotopic (exact) mass is 573 g/mol. The Morgan fingerprint density at radius 2 is 2.00 bits per heavy atom. The van der Waals surface area contributed by atoms with Crippen molar-refractivity contribution in [1.29, 1.82) is 0 Å². The van der Waals surface area contributed by atoms with Crippen LogP contribution in [0.25, 0.3) is 22.2 Å². The Bertz CT molecular complexity index is 1250. The van der Waals surface area contributed by atoms with E-state index in [-0.39, 0.29) is 11.9 Å². The van der Waals surface area contributed by atoms with Gasteiger partial charge >= 0.3 is 0 Å². The molecule has 0 aliphatic carbocycles. The molecular weight excluding hydrogens is 538 g/mol. The van der Waals surface area contributed by atoms with Crippen molar-refractivity contribution < 1.29 is 9.53 Å². The number of thioether (sulfide) groups is 1. The average molecular weight is 575 g/mol. The molecular formula is C27H36BrN5O2S. The standard InChI is InChI=1S/C27H36BrN5O2S/c1-17(2)33(10-6-7-23(34)32-11-13-36-14-12-32)21-9-8-20(25-26(21)31(4)27(29)30-25)24-18(3)15-19(28)16-22(24)35-5/h8-9,15-17H,6-7,10-14H2,1-5H3,(H2,29,30). The summed E-state index contributed by atoms with van der Waals surface area (Å²) in [7, 11) is 3.65. The van der Waals surface area contributed by atoms with Crippen LogP contribution in [0.1, 0.15) is 32.3 Å². The number of hydrogen-bond donors (Lipinski definition) is 1. The number of nitrogens with zero attached hydrogens (tertiary/aromatic N) is 4. The van der Waals surface area contributed by atoms with Crippen LogP contribution < -0.4 is 15.4 Å². The fourth-order valence-corrected chi connectivity index (χ4v) is 6.45. The Hall–Kier alpha value is -2.39. The number of halogens is 1. The summed E-state index contributed by atoms with van der Waals surface area (Å²) in [6.07, 6.45) is 1.37. The molecule has 0 radical (unpaired) electrons. The number of amides is 1. The number of anilines is 2. The zero-order valence-corrected chi connectivity index (χ0v) is 24.2. The number of methoxy groups -OCH3 is 1. The predicted octanol–water partition coefficient (Wildman–Crippen LogP) is 5.47. The average Bonchev–Trinajstić information content (AvgIpc) is 3.16. The lowest BCUT2D eigenvalue weighted by molar-refractivity contribution is -0.130. The molecule has 0 unspecified atom stereocenters. The van der Waals surface area contributed by atoms with Crippen molar-refractivity contribution >= 4 is 56.3 Å². The summed E-state index contributed by atoms with van der Waals surface area (Å²) < 4.78 is 8.67. The first-order valence-electron chi connectivity index (χ1n) is 12.4. The molecule has 1 fully saturated rings. The van der Waals surface area contributed by atoms with Gasteiger partial charge in [0.25, 0.3) is 0 Å². The first kappa shape index (κ1) is 26.7. The van der Waals surface area contributed by atoms with E-state index in [0.717, 1.165) is 81.2 Å². The number of carbonyl (C=O) groups excluding carboxylic acids is 1. The number of fused-ring (bicyclic) bond motifs is 1. The van der Waals surface area contributed by atoms with Crippen LogP contribution in [0, 0.1) is 6.92 Å². The molecule has 0 saturated carbocycles. The molecule has 0 atom stereocenters. The highest BCUT2D eigenvalue weighted by Gasteiger charge is 2.23. The van der Waals surface area contributed by atoms with Gasteiger partial charge in [-0.1, -0.05) is 15.9 Å². The molecule has 36 heavy (non-hydrogen) atoms. The van der Waals surface area contributed by atoms with Gasteiger partial charge in [-0.2, -0.15) is 11.8 Å². The fraction of sp³-hybridized carbons (Fsp3) is 0.481. The summed E-state index contributed by atoms with van der Waals surface area (Å²) >= 11 is 5.50. The first-order chi connectivity index (χ1) is 17.2. The molecule has 194 valence electrons. The number of aromatic nitrogens is 2. The number of rotatable bonds is 8. The molecule has 1 aromatic heterocycles. The van der Waals surface area contributed by atoms with Gasteiger partial charge in [0.2, 0.25) is 11.9 Å². The third kappa shape index (κ3) is 5.32. The second-order valence-electron chi connectivity index (χ2n) is 9.54. The van der Waals surface area contributed by atoms with E-state index in [4.69, 9.17) is 15.5 Å². The molecule has 1 amide bonds. The Morgan fingerprint density at radius 3 is 2.67 bits per heavy atom. The van der Waals surface area contributed by atoms with E-state index >= 15 is 0 Å². The smallest absolute Gasteiger partial charge is 0.222 e. The summed E-state index contributed by atoms with van der Waals surface area (Å²) in [5.41, 5.74) is 12.4.